The van der Waals surface area contributed by atoms with Crippen molar-refractivity contribution in [3.05, 3.63) is 52.7 Å². The summed E-state index contributed by atoms with van der Waals surface area (Å²) in [5, 5.41) is 3.56. The summed E-state index contributed by atoms with van der Waals surface area (Å²) in [6.45, 7) is 15.2. The molecule has 1 aromatic rings. The molecule has 4 nitrogen and oxygen atoms in total. The van der Waals surface area contributed by atoms with E-state index < -0.39 is 0 Å². The average molecular weight is 525 g/mol. The summed E-state index contributed by atoms with van der Waals surface area (Å²) in [6.07, 6.45) is 7.83. The van der Waals surface area contributed by atoms with Crippen LogP contribution in [0, 0.1) is 6.08 Å². The summed E-state index contributed by atoms with van der Waals surface area (Å²) in [5.41, 5.74) is 4.77. The Bertz CT molecular complexity index is 779. The lowest BCUT2D eigenvalue weighted by atomic mass is 10.1. The SMILES string of the molecule is CCN(CC)CCN(C)c1ccc2c(c1)SC1=C([C+]=CC(N(CC)CC)=C1)N2.[I-]. The van der Waals surface area contributed by atoms with Crippen molar-refractivity contribution in [3.8, 4) is 0 Å². The zero-order valence-corrected chi connectivity index (χ0v) is 21.2. The second kappa shape index (κ2) is 11.3. The molecular formula is C23H33IN4S. The zero-order chi connectivity index (χ0) is 20.1. The Morgan fingerprint density at radius 3 is 2.38 bits per heavy atom. The third-order valence-electron chi connectivity index (χ3n) is 5.55. The Kier molecular flexibility index (Phi) is 9.34. The van der Waals surface area contributed by atoms with Crippen LogP contribution in [0.15, 0.2) is 51.5 Å². The number of halogens is 1. The van der Waals surface area contributed by atoms with Crippen molar-refractivity contribution in [2.24, 2.45) is 0 Å². The van der Waals surface area contributed by atoms with Crippen molar-refractivity contribution < 1.29 is 24.0 Å². The van der Waals surface area contributed by atoms with Gasteiger partial charge >= 0.3 is 0 Å². The van der Waals surface area contributed by atoms with Gasteiger partial charge in [0.25, 0.3) is 0 Å². The van der Waals surface area contributed by atoms with Crippen LogP contribution in [0.3, 0.4) is 0 Å². The van der Waals surface area contributed by atoms with Gasteiger partial charge in [-0.1, -0.05) is 13.8 Å². The van der Waals surface area contributed by atoms with Crippen molar-refractivity contribution in [2.45, 2.75) is 32.6 Å². The van der Waals surface area contributed by atoms with E-state index in [2.05, 4.69) is 91.2 Å². The van der Waals surface area contributed by atoms with E-state index in [0.717, 1.165) is 45.0 Å². The molecule has 0 bridgehead atoms. The summed E-state index contributed by atoms with van der Waals surface area (Å²) in [6, 6.07) is 6.72. The van der Waals surface area contributed by atoms with Crippen LogP contribution in [-0.2, 0) is 0 Å². The van der Waals surface area contributed by atoms with Gasteiger partial charge in [-0.2, -0.15) is 0 Å². The average Bonchev–Trinajstić information content (AvgIpc) is 2.73. The lowest BCUT2D eigenvalue weighted by molar-refractivity contribution is -0.00000588. The number of thioether (sulfide) groups is 1. The summed E-state index contributed by atoms with van der Waals surface area (Å²) < 4.78 is 0. The molecule has 0 saturated carbocycles. The number of hydrogen-bond acceptors (Lipinski definition) is 5. The minimum Gasteiger partial charge on any atom is -1.00 e. The highest BCUT2D eigenvalue weighted by atomic mass is 127. The Labute approximate surface area is 198 Å². The number of anilines is 2. The van der Waals surface area contributed by atoms with Crippen LogP contribution in [0.25, 0.3) is 0 Å². The molecule has 6 heteroatoms. The molecule has 29 heavy (non-hydrogen) atoms. The van der Waals surface area contributed by atoms with Crippen molar-refractivity contribution in [1.29, 1.82) is 0 Å². The third-order valence-corrected chi connectivity index (χ3v) is 6.65. The van der Waals surface area contributed by atoms with Crippen molar-refractivity contribution in [2.75, 3.05) is 56.5 Å². The lowest BCUT2D eigenvalue weighted by Gasteiger charge is -2.26. The topological polar surface area (TPSA) is 21.8 Å². The lowest BCUT2D eigenvalue weighted by Crippen LogP contribution is -3.00. The number of nitrogens with zero attached hydrogens (tertiary/aromatic N) is 3. The summed E-state index contributed by atoms with van der Waals surface area (Å²) >= 11 is 1.84. The fourth-order valence-corrected chi connectivity index (χ4v) is 4.60. The molecule has 0 fully saturated rings. The molecule has 1 heterocycles. The molecule has 0 amide bonds. The number of allylic oxidation sites excluding steroid dienone is 3. The highest BCUT2D eigenvalue weighted by Gasteiger charge is 2.28. The Hall–Kier alpha value is -1.21. The minimum atomic E-state index is 0. The van der Waals surface area contributed by atoms with E-state index >= 15 is 0 Å². The van der Waals surface area contributed by atoms with E-state index in [-0.39, 0.29) is 24.0 Å². The summed E-state index contributed by atoms with van der Waals surface area (Å²) in [7, 11) is 2.19. The Morgan fingerprint density at radius 2 is 1.72 bits per heavy atom. The zero-order valence-electron chi connectivity index (χ0n) is 18.3. The number of hydrogen-bond donors (Lipinski definition) is 1. The monoisotopic (exact) mass is 524 g/mol. The van der Waals surface area contributed by atoms with Gasteiger partial charge in [0.2, 0.25) is 5.70 Å². The number of likely N-dealkylation sites (N-methyl/N-ethyl adjacent to an activating group) is 3. The van der Waals surface area contributed by atoms with Crippen LogP contribution in [0.5, 0.6) is 0 Å². The van der Waals surface area contributed by atoms with Gasteiger partial charge < -0.3 is 44.0 Å². The molecule has 1 aromatic carbocycles. The van der Waals surface area contributed by atoms with E-state index in [1.54, 1.807) is 0 Å². The van der Waals surface area contributed by atoms with Crippen LogP contribution in [0.4, 0.5) is 11.4 Å². The van der Waals surface area contributed by atoms with E-state index in [9.17, 15) is 0 Å². The quantitative estimate of drug-likeness (QED) is 0.392. The highest BCUT2D eigenvalue weighted by molar-refractivity contribution is 8.03. The van der Waals surface area contributed by atoms with E-state index in [1.807, 2.05) is 11.8 Å². The van der Waals surface area contributed by atoms with Crippen molar-refractivity contribution in [3.63, 3.8) is 0 Å². The van der Waals surface area contributed by atoms with Gasteiger partial charge in [-0.3, -0.25) is 0 Å². The van der Waals surface area contributed by atoms with Gasteiger partial charge in [0, 0.05) is 38.9 Å². The molecule has 158 valence electrons. The molecule has 0 unspecified atom stereocenters. The summed E-state index contributed by atoms with van der Waals surface area (Å²) in [5.74, 6) is 0. The first kappa shape index (κ1) is 24.1. The van der Waals surface area contributed by atoms with Gasteiger partial charge in [0.1, 0.15) is 6.08 Å². The highest BCUT2D eigenvalue weighted by Crippen LogP contribution is 2.43. The first-order valence-corrected chi connectivity index (χ1v) is 11.2. The van der Waals surface area contributed by atoms with E-state index in [1.165, 1.54) is 26.9 Å². The van der Waals surface area contributed by atoms with Crippen LogP contribution in [0.2, 0.25) is 0 Å². The van der Waals surface area contributed by atoms with Crippen LogP contribution in [0.1, 0.15) is 27.7 Å². The second-order valence-corrected chi connectivity index (χ2v) is 8.21. The first-order chi connectivity index (χ1) is 13.6. The van der Waals surface area contributed by atoms with Gasteiger partial charge in [-0.05, 0) is 56.9 Å². The van der Waals surface area contributed by atoms with Gasteiger partial charge in [0.15, 0.2) is 10.6 Å². The largest absolute Gasteiger partial charge is 1.00 e. The standard InChI is InChI=1S/C23H33N4S.HI/c1-6-26(7-2)15-14-25(5)18-10-12-20-22(16-18)28-23-17-19(27(8-3)9-4)11-13-21(23)24-20;/h10-12,16-17,24H,6-9,14-15H2,1-5H3;1H/q+1;/p-1. The van der Waals surface area contributed by atoms with Crippen LogP contribution >= 0.6 is 11.8 Å². The number of benzene rings is 1. The molecule has 0 saturated heterocycles. The maximum absolute atomic E-state index is 3.56. The fourth-order valence-electron chi connectivity index (χ4n) is 3.56. The molecule has 1 aliphatic heterocycles. The smallest absolute Gasteiger partial charge is 0.222 e. The Morgan fingerprint density at radius 1 is 1.00 bits per heavy atom. The predicted octanol–water partition coefficient (Wildman–Crippen LogP) is 1.80. The van der Waals surface area contributed by atoms with Crippen molar-refractivity contribution >= 4 is 23.1 Å². The fraction of sp³-hybridized carbons (Fsp3) is 0.478. The molecule has 1 aliphatic carbocycles. The van der Waals surface area contributed by atoms with Crippen LogP contribution in [-0.4, -0.2) is 56.1 Å². The maximum Gasteiger partial charge on any atom is 0.222 e. The molecule has 2 aliphatic rings. The molecular weight excluding hydrogens is 491 g/mol. The molecule has 0 aromatic heterocycles. The summed E-state index contributed by atoms with van der Waals surface area (Å²) in [4.78, 5) is 9.72. The molecule has 1 N–H and O–H groups in total. The second-order valence-electron chi connectivity index (χ2n) is 7.13. The molecule has 0 radical (unpaired) electrons. The number of fused-ring (bicyclic) bond motifs is 1. The molecule has 0 spiro atoms. The van der Waals surface area contributed by atoms with Crippen LogP contribution < -0.4 is 34.2 Å². The van der Waals surface area contributed by atoms with Gasteiger partial charge in [0.05, 0.1) is 22.7 Å². The third kappa shape index (κ3) is 5.69. The van der Waals surface area contributed by atoms with E-state index in [0.29, 0.717) is 0 Å². The van der Waals surface area contributed by atoms with Gasteiger partial charge in [-0.25, -0.2) is 0 Å². The predicted molar refractivity (Wildman–Crippen MR) is 123 cm³/mol. The van der Waals surface area contributed by atoms with Crippen molar-refractivity contribution in [1.82, 2.24) is 9.80 Å². The normalized spacial score (nSPS) is 14.3. The Balaban J connectivity index is 0.00000300. The maximum atomic E-state index is 3.56. The molecule has 3 rings (SSSR count). The minimum absolute atomic E-state index is 0. The van der Waals surface area contributed by atoms with Gasteiger partial charge in [-0.15, -0.1) is 0 Å². The number of rotatable bonds is 9. The molecule has 0 atom stereocenters. The number of nitrogens with one attached hydrogen (secondary N) is 1. The first-order valence-electron chi connectivity index (χ1n) is 10.4. The van der Waals surface area contributed by atoms with E-state index in [4.69, 9.17) is 0 Å².